The molecule has 2 heterocycles. The van der Waals surface area contributed by atoms with Crippen molar-refractivity contribution in [2.24, 2.45) is 5.92 Å². The van der Waals surface area contributed by atoms with Crippen LogP contribution in [0, 0.1) is 5.92 Å². The third-order valence-corrected chi connectivity index (χ3v) is 5.87. The highest BCUT2D eigenvalue weighted by molar-refractivity contribution is 5.93. The molecule has 0 N–H and O–H groups in total. The lowest BCUT2D eigenvalue weighted by Crippen LogP contribution is -2.39. The van der Waals surface area contributed by atoms with Crippen LogP contribution in [0.25, 0.3) is 16.8 Å². The first-order chi connectivity index (χ1) is 15.9. The molecule has 0 spiro atoms. The number of alkyl halides is 6. The summed E-state index contributed by atoms with van der Waals surface area (Å²) in [5, 5.41) is 0. The zero-order valence-corrected chi connectivity index (χ0v) is 18.1. The van der Waals surface area contributed by atoms with Crippen molar-refractivity contribution in [1.29, 1.82) is 0 Å². The third-order valence-electron chi connectivity index (χ3n) is 5.87. The Morgan fingerprint density at radius 3 is 2.12 bits per heavy atom. The van der Waals surface area contributed by atoms with Gasteiger partial charge in [-0.25, -0.2) is 4.98 Å². The number of imidazole rings is 1. The maximum absolute atomic E-state index is 13.2. The number of rotatable bonds is 3. The van der Waals surface area contributed by atoms with Crippen molar-refractivity contribution < 1.29 is 31.1 Å². The van der Waals surface area contributed by atoms with Crippen molar-refractivity contribution in [1.82, 2.24) is 14.5 Å². The molecule has 1 amide bonds. The Labute approximate surface area is 191 Å². The summed E-state index contributed by atoms with van der Waals surface area (Å²) >= 11 is 0. The lowest BCUT2D eigenvalue weighted by atomic mass is 9.99. The fourth-order valence-electron chi connectivity index (χ4n) is 4.13. The Kier molecular flexibility index (Phi) is 6.18. The molecule has 1 unspecified atom stereocenters. The SMILES string of the molecule is CC1CCCN(C(=O)c2cncn2-c2ccc(-c3cc(C(F)(F)F)cc(C(F)(F)F)c3)cc2)C1. The number of likely N-dealkylation sites (tertiary alicyclic amines) is 1. The molecule has 2 aromatic carbocycles. The van der Waals surface area contributed by atoms with E-state index < -0.39 is 23.5 Å². The number of carbonyl (C=O) groups is 1. The Hall–Kier alpha value is -3.30. The standard InChI is InChI=1S/C24H21F6N3O/c1-15-3-2-8-32(13-15)22(34)21-12-31-14-33(21)20-6-4-16(5-7-20)17-9-18(23(25,26)27)11-19(10-17)24(28,29)30/h4-7,9-12,14-15H,2-3,8,13H2,1H3. The molecular weight excluding hydrogens is 460 g/mol. The smallest absolute Gasteiger partial charge is 0.337 e. The summed E-state index contributed by atoms with van der Waals surface area (Å²) in [4.78, 5) is 18.8. The van der Waals surface area contributed by atoms with Gasteiger partial charge in [0.1, 0.15) is 5.69 Å². The quantitative estimate of drug-likeness (QED) is 0.404. The van der Waals surface area contributed by atoms with Crippen LogP contribution in [0.3, 0.4) is 0 Å². The molecule has 10 heteroatoms. The summed E-state index contributed by atoms with van der Waals surface area (Å²) in [7, 11) is 0. The predicted molar refractivity (Wildman–Crippen MR) is 113 cm³/mol. The molecule has 3 aromatic rings. The van der Waals surface area contributed by atoms with E-state index in [9.17, 15) is 31.1 Å². The van der Waals surface area contributed by atoms with E-state index in [-0.39, 0.29) is 23.1 Å². The minimum absolute atomic E-state index is 0.0999. The highest BCUT2D eigenvalue weighted by Crippen LogP contribution is 2.38. The maximum atomic E-state index is 13.2. The van der Waals surface area contributed by atoms with Gasteiger partial charge in [-0.05, 0) is 60.2 Å². The molecule has 0 saturated carbocycles. The Balaban J connectivity index is 1.66. The van der Waals surface area contributed by atoms with Crippen LogP contribution in [0.1, 0.15) is 41.4 Å². The van der Waals surface area contributed by atoms with Crippen molar-refractivity contribution >= 4 is 5.91 Å². The van der Waals surface area contributed by atoms with Crippen LogP contribution in [-0.2, 0) is 12.4 Å². The van der Waals surface area contributed by atoms with Gasteiger partial charge >= 0.3 is 12.4 Å². The first-order valence-electron chi connectivity index (χ1n) is 10.7. The molecule has 180 valence electrons. The Bertz CT molecular complexity index is 1150. The molecule has 1 aromatic heterocycles. The van der Waals surface area contributed by atoms with Gasteiger partial charge in [-0.1, -0.05) is 19.1 Å². The average molecular weight is 481 g/mol. The van der Waals surface area contributed by atoms with Crippen LogP contribution in [0.2, 0.25) is 0 Å². The molecule has 0 bridgehead atoms. The molecule has 1 atom stereocenters. The number of nitrogens with zero attached hydrogens (tertiary/aromatic N) is 3. The van der Waals surface area contributed by atoms with Gasteiger partial charge in [-0.15, -0.1) is 0 Å². The minimum atomic E-state index is -4.92. The summed E-state index contributed by atoms with van der Waals surface area (Å²) in [5.41, 5.74) is -1.94. The zero-order chi connectivity index (χ0) is 24.7. The number of hydrogen-bond donors (Lipinski definition) is 0. The highest BCUT2D eigenvalue weighted by Gasteiger charge is 2.37. The average Bonchev–Trinajstić information content (AvgIpc) is 3.27. The summed E-state index contributed by atoms with van der Waals surface area (Å²) < 4.78 is 80.7. The largest absolute Gasteiger partial charge is 0.416 e. The summed E-state index contributed by atoms with van der Waals surface area (Å²) in [6.45, 7) is 3.36. The lowest BCUT2D eigenvalue weighted by Gasteiger charge is -2.31. The van der Waals surface area contributed by atoms with E-state index in [1.54, 1.807) is 9.47 Å². The van der Waals surface area contributed by atoms with Crippen LogP contribution in [0.15, 0.2) is 55.0 Å². The topological polar surface area (TPSA) is 38.1 Å². The van der Waals surface area contributed by atoms with Crippen LogP contribution >= 0.6 is 0 Å². The van der Waals surface area contributed by atoms with E-state index in [2.05, 4.69) is 11.9 Å². The minimum Gasteiger partial charge on any atom is -0.337 e. The van der Waals surface area contributed by atoms with E-state index in [0.29, 0.717) is 42.5 Å². The summed E-state index contributed by atoms with van der Waals surface area (Å²) in [6, 6.07) is 7.37. The van der Waals surface area contributed by atoms with Crippen LogP contribution in [0.4, 0.5) is 26.3 Å². The van der Waals surface area contributed by atoms with E-state index in [0.717, 1.165) is 12.8 Å². The lowest BCUT2D eigenvalue weighted by molar-refractivity contribution is -0.143. The molecule has 1 aliphatic heterocycles. The number of piperidine rings is 1. The van der Waals surface area contributed by atoms with E-state index in [1.807, 2.05) is 0 Å². The second kappa shape index (κ2) is 8.81. The number of benzene rings is 2. The molecule has 0 aliphatic carbocycles. The monoisotopic (exact) mass is 481 g/mol. The molecule has 1 fully saturated rings. The van der Waals surface area contributed by atoms with Gasteiger partial charge < -0.3 is 4.90 Å². The number of aromatic nitrogens is 2. The Morgan fingerprint density at radius 1 is 0.941 bits per heavy atom. The summed E-state index contributed by atoms with van der Waals surface area (Å²) in [5.74, 6) is 0.211. The molecule has 4 rings (SSSR count). The molecule has 1 aliphatic rings. The highest BCUT2D eigenvalue weighted by atomic mass is 19.4. The van der Waals surface area contributed by atoms with Gasteiger partial charge in [-0.3, -0.25) is 9.36 Å². The van der Waals surface area contributed by atoms with Gasteiger partial charge in [0.15, 0.2) is 0 Å². The molecule has 34 heavy (non-hydrogen) atoms. The fourth-order valence-corrected chi connectivity index (χ4v) is 4.13. The first kappa shape index (κ1) is 23.8. The summed E-state index contributed by atoms with van der Waals surface area (Å²) in [6.07, 6.45) is -5.00. The van der Waals surface area contributed by atoms with Gasteiger partial charge in [0.25, 0.3) is 5.91 Å². The van der Waals surface area contributed by atoms with Gasteiger partial charge in [0, 0.05) is 18.8 Å². The number of carbonyl (C=O) groups excluding carboxylic acids is 1. The Morgan fingerprint density at radius 2 is 1.56 bits per heavy atom. The number of hydrogen-bond acceptors (Lipinski definition) is 2. The van der Waals surface area contributed by atoms with Crippen LogP contribution in [0.5, 0.6) is 0 Å². The second-order valence-corrected chi connectivity index (χ2v) is 8.49. The second-order valence-electron chi connectivity index (χ2n) is 8.49. The molecule has 1 saturated heterocycles. The van der Waals surface area contributed by atoms with Gasteiger partial charge in [0.2, 0.25) is 0 Å². The number of halogens is 6. The molecule has 0 radical (unpaired) electrons. The predicted octanol–water partition coefficient (Wildman–Crippen LogP) is 6.45. The maximum Gasteiger partial charge on any atom is 0.416 e. The third kappa shape index (κ3) is 4.95. The van der Waals surface area contributed by atoms with Crippen molar-refractivity contribution in [3.63, 3.8) is 0 Å². The zero-order valence-electron chi connectivity index (χ0n) is 18.1. The van der Waals surface area contributed by atoms with Gasteiger partial charge in [0.05, 0.1) is 23.7 Å². The van der Waals surface area contributed by atoms with Crippen molar-refractivity contribution in [3.05, 3.63) is 71.8 Å². The van der Waals surface area contributed by atoms with E-state index in [4.69, 9.17) is 0 Å². The van der Waals surface area contributed by atoms with Crippen molar-refractivity contribution in [2.45, 2.75) is 32.1 Å². The van der Waals surface area contributed by atoms with Crippen molar-refractivity contribution in [2.75, 3.05) is 13.1 Å². The molecule has 4 nitrogen and oxygen atoms in total. The van der Waals surface area contributed by atoms with E-state index in [1.165, 1.54) is 36.8 Å². The van der Waals surface area contributed by atoms with E-state index >= 15 is 0 Å². The normalized spacial score (nSPS) is 17.1. The molecular formula is C24H21F6N3O. The fraction of sp³-hybridized carbons (Fsp3) is 0.333. The van der Waals surface area contributed by atoms with Crippen molar-refractivity contribution in [3.8, 4) is 16.8 Å². The first-order valence-corrected chi connectivity index (χ1v) is 10.7. The number of amides is 1. The van der Waals surface area contributed by atoms with Gasteiger partial charge in [-0.2, -0.15) is 26.3 Å². The van der Waals surface area contributed by atoms with Crippen LogP contribution < -0.4 is 0 Å². The van der Waals surface area contributed by atoms with Crippen LogP contribution in [-0.4, -0.2) is 33.4 Å².